The summed E-state index contributed by atoms with van der Waals surface area (Å²) in [7, 11) is 2.89. The van der Waals surface area contributed by atoms with Crippen LogP contribution in [-0.4, -0.2) is 42.2 Å². The third kappa shape index (κ3) is 17.1. The van der Waals surface area contributed by atoms with Crippen LogP contribution in [0.25, 0.3) is 0 Å². The van der Waals surface area contributed by atoms with Gasteiger partial charge in [-0.2, -0.15) is 0 Å². The fourth-order valence-electron chi connectivity index (χ4n) is 1.03. The van der Waals surface area contributed by atoms with E-state index in [0.717, 1.165) is 12.5 Å². The SMILES string of the molecule is C=C(C)C.C=C(C)C(=O)OCCC[SiH2]C(OC)OC. The van der Waals surface area contributed by atoms with Crippen molar-refractivity contribution < 1.29 is 19.0 Å². The molecule has 0 fully saturated rings. The molecule has 0 unspecified atom stereocenters. The Morgan fingerprint density at radius 1 is 1.16 bits per heavy atom. The van der Waals surface area contributed by atoms with E-state index in [0.29, 0.717) is 12.2 Å². The lowest BCUT2D eigenvalue weighted by Crippen LogP contribution is -2.21. The van der Waals surface area contributed by atoms with Crippen LogP contribution in [0, 0.1) is 0 Å². The zero-order chi connectivity index (χ0) is 15.3. The van der Waals surface area contributed by atoms with Crippen molar-refractivity contribution >= 4 is 15.5 Å². The molecule has 0 saturated heterocycles. The van der Waals surface area contributed by atoms with Gasteiger partial charge in [0.2, 0.25) is 0 Å². The van der Waals surface area contributed by atoms with E-state index in [4.69, 9.17) is 14.2 Å². The summed E-state index contributed by atoms with van der Waals surface area (Å²) in [6, 6.07) is 1.04. The van der Waals surface area contributed by atoms with Crippen LogP contribution in [-0.2, 0) is 19.0 Å². The second-order valence-electron chi connectivity index (χ2n) is 4.52. The van der Waals surface area contributed by atoms with Gasteiger partial charge in [-0.3, -0.25) is 0 Å². The summed E-state index contributed by atoms with van der Waals surface area (Å²) in [5.41, 5.74) is 1.61. The van der Waals surface area contributed by atoms with Crippen LogP contribution in [0.15, 0.2) is 24.3 Å². The first-order valence-corrected chi connectivity index (χ1v) is 8.17. The Labute approximate surface area is 119 Å². The van der Waals surface area contributed by atoms with Gasteiger partial charge in [-0.25, -0.2) is 4.79 Å². The molecule has 0 aliphatic carbocycles. The van der Waals surface area contributed by atoms with Crippen molar-refractivity contribution in [3.63, 3.8) is 0 Å². The molecular formula is C14H28O4Si. The number of ether oxygens (including phenoxy) is 3. The van der Waals surface area contributed by atoms with E-state index in [2.05, 4.69) is 13.2 Å². The summed E-state index contributed by atoms with van der Waals surface area (Å²) in [5, 5.41) is 0. The van der Waals surface area contributed by atoms with Gasteiger partial charge in [-0.1, -0.05) is 18.2 Å². The van der Waals surface area contributed by atoms with Gasteiger partial charge in [-0.15, -0.1) is 6.58 Å². The molecule has 0 saturated carbocycles. The molecular weight excluding hydrogens is 260 g/mol. The van der Waals surface area contributed by atoms with E-state index in [1.165, 1.54) is 5.57 Å². The average molecular weight is 288 g/mol. The molecule has 0 amide bonds. The maximum atomic E-state index is 11.0. The Balaban J connectivity index is 0. The van der Waals surface area contributed by atoms with E-state index in [1.54, 1.807) is 21.1 Å². The molecule has 0 aliphatic heterocycles. The second kappa shape index (κ2) is 13.5. The normalized spacial score (nSPS) is 10.2. The minimum Gasteiger partial charge on any atom is -0.462 e. The van der Waals surface area contributed by atoms with Crippen LogP contribution in [0.1, 0.15) is 27.2 Å². The zero-order valence-electron chi connectivity index (χ0n) is 13.0. The van der Waals surface area contributed by atoms with Crippen LogP contribution in [0.4, 0.5) is 0 Å². The highest BCUT2D eigenvalue weighted by Crippen LogP contribution is 1.99. The number of carbonyl (C=O) groups excluding carboxylic acids is 1. The van der Waals surface area contributed by atoms with Crippen molar-refractivity contribution in [1.82, 2.24) is 0 Å². The molecule has 0 bridgehead atoms. The van der Waals surface area contributed by atoms with Crippen LogP contribution < -0.4 is 0 Å². The molecule has 0 radical (unpaired) electrons. The fraction of sp³-hybridized carbons (Fsp3) is 0.643. The Bertz CT molecular complexity index is 269. The molecule has 112 valence electrons. The van der Waals surface area contributed by atoms with Gasteiger partial charge in [0, 0.05) is 19.8 Å². The third-order valence-corrected chi connectivity index (χ3v) is 3.99. The van der Waals surface area contributed by atoms with Gasteiger partial charge in [0.25, 0.3) is 0 Å². The van der Waals surface area contributed by atoms with Crippen molar-refractivity contribution in [2.75, 3.05) is 20.8 Å². The molecule has 0 rings (SSSR count). The summed E-state index contributed by atoms with van der Waals surface area (Å²) < 4.78 is 15.1. The van der Waals surface area contributed by atoms with Crippen LogP contribution >= 0.6 is 0 Å². The minimum absolute atomic E-state index is 0.0261. The van der Waals surface area contributed by atoms with Crippen molar-refractivity contribution in [2.45, 2.75) is 39.1 Å². The minimum atomic E-state index is -0.397. The van der Waals surface area contributed by atoms with E-state index >= 15 is 0 Å². The lowest BCUT2D eigenvalue weighted by molar-refractivity contribution is -0.138. The molecule has 0 aromatic rings. The number of rotatable bonds is 8. The highest BCUT2D eigenvalue weighted by atomic mass is 28.2. The van der Waals surface area contributed by atoms with Crippen molar-refractivity contribution in [2.24, 2.45) is 0 Å². The molecule has 0 atom stereocenters. The van der Waals surface area contributed by atoms with Gasteiger partial charge >= 0.3 is 5.97 Å². The molecule has 4 nitrogen and oxygen atoms in total. The van der Waals surface area contributed by atoms with Crippen molar-refractivity contribution in [3.8, 4) is 0 Å². The Kier molecular flexibility index (Phi) is 14.5. The Morgan fingerprint density at radius 3 is 2.00 bits per heavy atom. The molecule has 0 heterocycles. The van der Waals surface area contributed by atoms with Gasteiger partial charge in [0.15, 0.2) is 0 Å². The van der Waals surface area contributed by atoms with Crippen LogP contribution in [0.3, 0.4) is 0 Å². The molecule has 0 aromatic heterocycles. The van der Waals surface area contributed by atoms with E-state index in [1.807, 2.05) is 13.8 Å². The number of carbonyl (C=O) groups is 1. The molecule has 0 aromatic carbocycles. The van der Waals surface area contributed by atoms with E-state index < -0.39 is 9.52 Å². The number of hydrogen-bond donors (Lipinski definition) is 0. The molecule has 0 N–H and O–H groups in total. The second-order valence-corrected chi connectivity index (χ2v) is 6.47. The predicted octanol–water partition coefficient (Wildman–Crippen LogP) is 2.24. The highest BCUT2D eigenvalue weighted by molar-refractivity contribution is 6.36. The van der Waals surface area contributed by atoms with Gasteiger partial charge < -0.3 is 14.2 Å². The lowest BCUT2D eigenvalue weighted by Gasteiger charge is -2.12. The summed E-state index contributed by atoms with van der Waals surface area (Å²) >= 11 is 0. The standard InChI is InChI=1S/C10H20O4Si.C4H8/c1-8(2)9(11)14-6-5-7-15-10(12-3)13-4;1-4(2)3/h10H,1,5-7,15H2,2-4H3;1H2,2-3H3. The molecule has 0 spiro atoms. The number of hydrogen-bond acceptors (Lipinski definition) is 4. The van der Waals surface area contributed by atoms with E-state index in [9.17, 15) is 4.79 Å². The smallest absolute Gasteiger partial charge is 0.333 e. The highest BCUT2D eigenvalue weighted by Gasteiger charge is 2.06. The fourth-order valence-corrected chi connectivity index (χ4v) is 2.33. The molecule has 0 aliphatic rings. The Morgan fingerprint density at radius 2 is 1.63 bits per heavy atom. The first kappa shape index (κ1) is 20.4. The number of methoxy groups -OCH3 is 2. The number of allylic oxidation sites excluding steroid dienone is 1. The third-order valence-electron chi connectivity index (χ3n) is 1.94. The van der Waals surface area contributed by atoms with Crippen molar-refractivity contribution in [3.05, 3.63) is 24.3 Å². The summed E-state index contributed by atoms with van der Waals surface area (Å²) in [4.78, 5) is 11.0. The molecule has 19 heavy (non-hydrogen) atoms. The van der Waals surface area contributed by atoms with Crippen LogP contribution in [0.5, 0.6) is 0 Å². The number of esters is 1. The van der Waals surface area contributed by atoms with E-state index in [-0.39, 0.29) is 11.9 Å². The monoisotopic (exact) mass is 288 g/mol. The van der Waals surface area contributed by atoms with Gasteiger partial charge in [-0.05, 0) is 27.2 Å². The Hall–Kier alpha value is -0.913. The van der Waals surface area contributed by atoms with Gasteiger partial charge in [0.05, 0.1) is 16.1 Å². The van der Waals surface area contributed by atoms with Crippen LogP contribution in [0.2, 0.25) is 6.04 Å². The summed E-state index contributed by atoms with van der Waals surface area (Å²) in [6.07, 6.45) is 0.870. The predicted molar refractivity (Wildman–Crippen MR) is 82.0 cm³/mol. The maximum Gasteiger partial charge on any atom is 0.333 e. The topological polar surface area (TPSA) is 44.8 Å². The van der Waals surface area contributed by atoms with Gasteiger partial charge in [0.1, 0.15) is 5.91 Å². The first-order valence-electron chi connectivity index (χ1n) is 6.35. The van der Waals surface area contributed by atoms with Crippen molar-refractivity contribution in [1.29, 1.82) is 0 Å². The average Bonchev–Trinajstić information content (AvgIpc) is 2.32. The molecule has 5 heteroatoms. The summed E-state index contributed by atoms with van der Waals surface area (Å²) in [5.74, 6) is -0.339. The quantitative estimate of drug-likeness (QED) is 0.172. The zero-order valence-corrected chi connectivity index (χ0v) is 14.4. The maximum absolute atomic E-state index is 11.0. The first-order chi connectivity index (χ1) is 8.84. The summed E-state index contributed by atoms with van der Waals surface area (Å²) in [6.45, 7) is 13.1. The largest absolute Gasteiger partial charge is 0.462 e. The lowest BCUT2D eigenvalue weighted by atomic mass is 10.4.